The molecule has 1 amide bonds. The molecule has 1 N–H and O–H groups in total. The number of imidazole rings is 1. The van der Waals surface area contributed by atoms with E-state index in [9.17, 15) is 4.79 Å². The van der Waals surface area contributed by atoms with Gasteiger partial charge in [-0.05, 0) is 31.5 Å². The van der Waals surface area contributed by atoms with E-state index in [1.54, 1.807) is 16.9 Å². The number of aromatic nitrogens is 5. The summed E-state index contributed by atoms with van der Waals surface area (Å²) in [5.41, 5.74) is 3.15. The van der Waals surface area contributed by atoms with Crippen LogP contribution >= 0.6 is 0 Å². The van der Waals surface area contributed by atoms with Gasteiger partial charge >= 0.3 is 0 Å². The first-order chi connectivity index (χ1) is 13.6. The molecule has 0 unspecified atom stereocenters. The summed E-state index contributed by atoms with van der Waals surface area (Å²) >= 11 is 0. The van der Waals surface area contributed by atoms with Crippen LogP contribution in [0.15, 0.2) is 47.1 Å². The summed E-state index contributed by atoms with van der Waals surface area (Å²) in [6, 6.07) is 11.4. The molecule has 0 spiro atoms. The van der Waals surface area contributed by atoms with Gasteiger partial charge in [-0.25, -0.2) is 4.98 Å². The second-order valence-corrected chi connectivity index (χ2v) is 6.73. The maximum absolute atomic E-state index is 12.6. The highest BCUT2D eigenvalue weighted by atomic mass is 16.5. The zero-order valence-corrected chi connectivity index (χ0v) is 16.1. The average molecular weight is 378 g/mol. The molecule has 1 atom stereocenters. The van der Waals surface area contributed by atoms with Crippen LogP contribution in [0.1, 0.15) is 47.2 Å². The maximum atomic E-state index is 12.6. The Bertz CT molecular complexity index is 1120. The van der Waals surface area contributed by atoms with Gasteiger partial charge in [0.05, 0.1) is 29.3 Å². The van der Waals surface area contributed by atoms with Crippen LogP contribution in [0.3, 0.4) is 0 Å². The topological polar surface area (TPSA) is 90.8 Å². The summed E-state index contributed by atoms with van der Waals surface area (Å²) in [4.78, 5) is 17.2. The highest BCUT2D eigenvalue weighted by Gasteiger charge is 2.20. The van der Waals surface area contributed by atoms with Crippen LogP contribution in [-0.4, -0.2) is 30.4 Å². The number of hydrogen-bond acceptors (Lipinski definition) is 5. The standard InChI is InChI=1S/C20H22N6O2/c1-4-15(18-9-10-21-25(18)3)23-20(27)17-11-14(28-24-17)12-26-13(2)22-16-7-5-6-8-19(16)26/h5-11,15H,4,12H2,1-3H3,(H,23,27)/t15-/m1/s1. The van der Waals surface area contributed by atoms with Crippen LogP contribution in [0.2, 0.25) is 0 Å². The van der Waals surface area contributed by atoms with Gasteiger partial charge in [0.25, 0.3) is 5.91 Å². The lowest BCUT2D eigenvalue weighted by Crippen LogP contribution is -2.29. The van der Waals surface area contributed by atoms with Crippen LogP contribution in [0, 0.1) is 6.92 Å². The summed E-state index contributed by atoms with van der Waals surface area (Å²) in [7, 11) is 1.86. The zero-order valence-electron chi connectivity index (χ0n) is 16.1. The Labute approximate surface area is 162 Å². The molecule has 3 heterocycles. The predicted molar refractivity (Wildman–Crippen MR) is 104 cm³/mol. The van der Waals surface area contributed by atoms with E-state index in [2.05, 4.69) is 20.6 Å². The molecule has 8 nitrogen and oxygen atoms in total. The Kier molecular flexibility index (Phi) is 4.68. The van der Waals surface area contributed by atoms with E-state index in [0.29, 0.717) is 12.3 Å². The monoisotopic (exact) mass is 378 g/mol. The number of benzene rings is 1. The van der Waals surface area contributed by atoms with Gasteiger partial charge in [-0.1, -0.05) is 24.2 Å². The number of para-hydroxylation sites is 2. The number of aryl methyl sites for hydroxylation is 2. The SMILES string of the molecule is CC[C@@H](NC(=O)c1cc(Cn2c(C)nc3ccccc32)on1)c1ccnn1C. The van der Waals surface area contributed by atoms with Gasteiger partial charge in [0.1, 0.15) is 5.82 Å². The first kappa shape index (κ1) is 18.0. The van der Waals surface area contributed by atoms with Crippen LogP contribution < -0.4 is 5.32 Å². The molecule has 0 radical (unpaired) electrons. The van der Waals surface area contributed by atoms with Crippen molar-refractivity contribution in [3.05, 3.63) is 65.6 Å². The van der Waals surface area contributed by atoms with Crippen molar-refractivity contribution in [3.63, 3.8) is 0 Å². The highest BCUT2D eigenvalue weighted by Crippen LogP contribution is 2.19. The van der Waals surface area contributed by atoms with Crippen molar-refractivity contribution < 1.29 is 9.32 Å². The van der Waals surface area contributed by atoms with Gasteiger partial charge < -0.3 is 14.4 Å². The minimum absolute atomic E-state index is 0.139. The summed E-state index contributed by atoms with van der Waals surface area (Å²) in [6.07, 6.45) is 2.46. The Balaban J connectivity index is 1.51. The third-order valence-corrected chi connectivity index (χ3v) is 4.88. The lowest BCUT2D eigenvalue weighted by atomic mass is 10.1. The molecule has 3 aromatic heterocycles. The van der Waals surface area contributed by atoms with Gasteiger partial charge in [0, 0.05) is 19.3 Å². The molecule has 0 saturated carbocycles. The minimum atomic E-state index is -0.268. The smallest absolute Gasteiger partial charge is 0.274 e. The molecule has 8 heteroatoms. The van der Waals surface area contributed by atoms with E-state index in [4.69, 9.17) is 4.52 Å². The fraction of sp³-hybridized carbons (Fsp3) is 0.300. The molecule has 144 valence electrons. The first-order valence-electron chi connectivity index (χ1n) is 9.23. The lowest BCUT2D eigenvalue weighted by molar-refractivity contribution is 0.0924. The highest BCUT2D eigenvalue weighted by molar-refractivity contribution is 5.92. The number of fused-ring (bicyclic) bond motifs is 1. The van der Waals surface area contributed by atoms with Crippen molar-refractivity contribution in [2.45, 2.75) is 32.9 Å². The van der Waals surface area contributed by atoms with Crippen molar-refractivity contribution in [2.24, 2.45) is 7.05 Å². The Hall–Kier alpha value is -3.42. The van der Waals surface area contributed by atoms with Crippen LogP contribution in [0.4, 0.5) is 0 Å². The Morgan fingerprint density at radius 2 is 2.11 bits per heavy atom. The van der Waals surface area contributed by atoms with E-state index >= 15 is 0 Å². The first-order valence-corrected chi connectivity index (χ1v) is 9.23. The second kappa shape index (κ2) is 7.30. The summed E-state index contributed by atoms with van der Waals surface area (Å²) in [5.74, 6) is 1.21. The van der Waals surface area contributed by atoms with Gasteiger partial charge in [0.15, 0.2) is 11.5 Å². The zero-order chi connectivity index (χ0) is 19.7. The number of nitrogens with zero attached hydrogens (tertiary/aromatic N) is 5. The minimum Gasteiger partial charge on any atom is -0.359 e. The van der Waals surface area contributed by atoms with Crippen molar-refractivity contribution in [1.29, 1.82) is 0 Å². The van der Waals surface area contributed by atoms with Gasteiger partial charge in [0.2, 0.25) is 0 Å². The lowest BCUT2D eigenvalue weighted by Gasteiger charge is -2.16. The van der Waals surface area contributed by atoms with Crippen LogP contribution in [-0.2, 0) is 13.6 Å². The fourth-order valence-corrected chi connectivity index (χ4v) is 3.39. The molecule has 0 aliphatic heterocycles. The van der Waals surface area contributed by atoms with E-state index < -0.39 is 0 Å². The molecule has 0 fully saturated rings. The third kappa shape index (κ3) is 3.28. The second-order valence-electron chi connectivity index (χ2n) is 6.73. The third-order valence-electron chi connectivity index (χ3n) is 4.88. The van der Waals surface area contributed by atoms with Crippen molar-refractivity contribution in [3.8, 4) is 0 Å². The number of hydrogen-bond donors (Lipinski definition) is 1. The largest absolute Gasteiger partial charge is 0.359 e. The van der Waals surface area contributed by atoms with Crippen molar-refractivity contribution in [2.75, 3.05) is 0 Å². The van der Waals surface area contributed by atoms with Gasteiger partial charge in [-0.3, -0.25) is 9.48 Å². The summed E-state index contributed by atoms with van der Waals surface area (Å²) in [5, 5.41) is 11.1. The Morgan fingerprint density at radius 1 is 1.29 bits per heavy atom. The van der Waals surface area contributed by atoms with E-state index in [1.165, 1.54) is 0 Å². The van der Waals surface area contributed by atoms with Crippen LogP contribution in [0.25, 0.3) is 11.0 Å². The molecule has 1 aromatic carbocycles. The molecule has 0 saturated heterocycles. The predicted octanol–water partition coefficient (Wildman–Crippen LogP) is 3.00. The number of carbonyl (C=O) groups excluding carboxylic acids is 1. The normalized spacial score (nSPS) is 12.4. The summed E-state index contributed by atoms with van der Waals surface area (Å²) < 4.78 is 9.22. The average Bonchev–Trinajstić information content (AvgIpc) is 3.40. The quantitative estimate of drug-likeness (QED) is 0.557. The molecule has 4 rings (SSSR count). The summed E-state index contributed by atoms with van der Waals surface area (Å²) in [6.45, 7) is 4.42. The molecule has 0 aliphatic carbocycles. The molecule has 28 heavy (non-hydrogen) atoms. The van der Waals surface area contributed by atoms with Gasteiger partial charge in [-0.15, -0.1) is 0 Å². The molecule has 4 aromatic rings. The molecule has 0 aliphatic rings. The number of nitrogens with one attached hydrogen (secondary N) is 1. The van der Waals surface area contributed by atoms with Gasteiger partial charge in [-0.2, -0.15) is 5.10 Å². The maximum Gasteiger partial charge on any atom is 0.274 e. The molecular formula is C20H22N6O2. The number of rotatable bonds is 6. The number of carbonyl (C=O) groups is 1. The Morgan fingerprint density at radius 3 is 2.86 bits per heavy atom. The molecular weight excluding hydrogens is 356 g/mol. The van der Waals surface area contributed by atoms with E-state index in [-0.39, 0.29) is 17.6 Å². The van der Waals surface area contributed by atoms with Crippen molar-refractivity contribution in [1.82, 2.24) is 29.8 Å². The van der Waals surface area contributed by atoms with Crippen LogP contribution in [0.5, 0.6) is 0 Å². The fourth-order valence-electron chi connectivity index (χ4n) is 3.39. The van der Waals surface area contributed by atoms with E-state index in [1.807, 2.05) is 55.8 Å². The molecule has 0 bridgehead atoms. The number of amides is 1. The van der Waals surface area contributed by atoms with E-state index in [0.717, 1.165) is 29.0 Å². The van der Waals surface area contributed by atoms with Crippen molar-refractivity contribution >= 4 is 16.9 Å².